The largest absolute Gasteiger partial charge is 0.481 e. The zero-order valence-corrected chi connectivity index (χ0v) is 19.2. The highest BCUT2D eigenvalue weighted by Crippen LogP contribution is 2.35. The monoisotopic (exact) mass is 481 g/mol. The van der Waals surface area contributed by atoms with E-state index in [0.29, 0.717) is 40.1 Å². The SMILES string of the molecule is C#CCOc1cccc(CC(c2csc(Nc3ncccn3)n2)N2C(=O)c3ccccc3C2=O)c1. The third kappa shape index (κ3) is 4.60. The van der Waals surface area contributed by atoms with Crippen LogP contribution in [0.2, 0.25) is 0 Å². The van der Waals surface area contributed by atoms with Crippen molar-refractivity contribution in [2.75, 3.05) is 11.9 Å². The first-order chi connectivity index (χ1) is 17.1. The molecule has 0 saturated carbocycles. The average molecular weight is 482 g/mol. The van der Waals surface area contributed by atoms with Gasteiger partial charge in [0.25, 0.3) is 11.8 Å². The number of imide groups is 1. The Morgan fingerprint density at radius 1 is 1.03 bits per heavy atom. The number of rotatable bonds is 8. The Kier molecular flexibility index (Phi) is 6.20. The first-order valence-corrected chi connectivity index (χ1v) is 11.6. The minimum Gasteiger partial charge on any atom is -0.481 e. The van der Waals surface area contributed by atoms with Crippen molar-refractivity contribution in [3.63, 3.8) is 0 Å². The highest BCUT2D eigenvalue weighted by Gasteiger charge is 2.41. The highest BCUT2D eigenvalue weighted by atomic mass is 32.1. The van der Waals surface area contributed by atoms with Crippen molar-refractivity contribution in [3.8, 4) is 18.1 Å². The van der Waals surface area contributed by atoms with E-state index in [1.807, 2.05) is 29.6 Å². The molecule has 4 aromatic rings. The van der Waals surface area contributed by atoms with E-state index >= 15 is 0 Å². The molecule has 172 valence electrons. The fraction of sp³-hybridized carbons (Fsp3) is 0.115. The second-order valence-corrected chi connectivity index (χ2v) is 8.52. The number of thiazole rings is 1. The number of carbonyl (C=O) groups is 2. The number of fused-ring (bicyclic) bond motifs is 1. The quantitative estimate of drug-likeness (QED) is 0.297. The number of aromatic nitrogens is 3. The number of terminal acetylenes is 1. The molecule has 1 atom stereocenters. The average Bonchev–Trinajstić information content (AvgIpc) is 3.45. The van der Waals surface area contributed by atoms with E-state index in [-0.39, 0.29) is 18.4 Å². The third-order valence-electron chi connectivity index (χ3n) is 5.43. The Hall–Kier alpha value is -4.55. The molecule has 2 amide bonds. The molecule has 2 aromatic carbocycles. The van der Waals surface area contributed by atoms with Gasteiger partial charge in [0.05, 0.1) is 22.9 Å². The second kappa shape index (κ2) is 9.75. The van der Waals surface area contributed by atoms with Crippen LogP contribution in [0.15, 0.2) is 72.4 Å². The van der Waals surface area contributed by atoms with Crippen LogP contribution in [-0.4, -0.2) is 38.3 Å². The van der Waals surface area contributed by atoms with Crippen molar-refractivity contribution in [3.05, 3.63) is 94.8 Å². The molecule has 1 unspecified atom stereocenters. The van der Waals surface area contributed by atoms with Crippen molar-refractivity contribution in [2.45, 2.75) is 12.5 Å². The molecule has 9 heteroatoms. The predicted molar refractivity (Wildman–Crippen MR) is 132 cm³/mol. The number of amides is 2. The maximum absolute atomic E-state index is 13.3. The normalized spacial score (nSPS) is 13.3. The first kappa shape index (κ1) is 22.3. The molecule has 1 N–H and O–H groups in total. The highest BCUT2D eigenvalue weighted by molar-refractivity contribution is 7.13. The van der Waals surface area contributed by atoms with Crippen LogP contribution in [0, 0.1) is 12.3 Å². The molecular formula is C26H19N5O3S. The Balaban J connectivity index is 1.49. The number of benzene rings is 2. The molecule has 5 rings (SSSR count). The summed E-state index contributed by atoms with van der Waals surface area (Å²) in [5, 5.41) is 5.45. The zero-order valence-electron chi connectivity index (χ0n) is 18.4. The van der Waals surface area contributed by atoms with Crippen LogP contribution in [0.5, 0.6) is 5.75 Å². The number of hydrogen-bond donors (Lipinski definition) is 1. The summed E-state index contributed by atoms with van der Waals surface area (Å²) < 4.78 is 5.55. The number of ether oxygens (including phenoxy) is 1. The molecule has 1 aliphatic heterocycles. The Bertz CT molecular complexity index is 1400. The number of carbonyl (C=O) groups excluding carboxylic acids is 2. The summed E-state index contributed by atoms with van der Waals surface area (Å²) in [6.45, 7) is 0.147. The molecule has 0 spiro atoms. The zero-order chi connectivity index (χ0) is 24.2. The number of nitrogens with zero attached hydrogens (tertiary/aromatic N) is 4. The van der Waals surface area contributed by atoms with Crippen LogP contribution in [0.1, 0.15) is 38.0 Å². The summed E-state index contributed by atoms with van der Waals surface area (Å²) in [4.78, 5) is 40.9. The number of hydrogen-bond acceptors (Lipinski definition) is 8. The maximum atomic E-state index is 13.3. The maximum Gasteiger partial charge on any atom is 0.262 e. The van der Waals surface area contributed by atoms with Crippen LogP contribution in [0.25, 0.3) is 0 Å². The second-order valence-electron chi connectivity index (χ2n) is 7.66. The summed E-state index contributed by atoms with van der Waals surface area (Å²) in [5.41, 5.74) is 2.23. The third-order valence-corrected chi connectivity index (χ3v) is 6.21. The molecule has 0 fully saturated rings. The van der Waals surface area contributed by atoms with Gasteiger partial charge in [-0.15, -0.1) is 17.8 Å². The predicted octanol–water partition coefficient (Wildman–Crippen LogP) is 4.27. The van der Waals surface area contributed by atoms with Crippen molar-refractivity contribution in [1.82, 2.24) is 19.9 Å². The van der Waals surface area contributed by atoms with Gasteiger partial charge in [0.15, 0.2) is 5.13 Å². The van der Waals surface area contributed by atoms with Gasteiger partial charge in [-0.25, -0.2) is 15.0 Å². The Labute approximate surface area is 205 Å². The van der Waals surface area contributed by atoms with Gasteiger partial charge in [0, 0.05) is 17.8 Å². The van der Waals surface area contributed by atoms with E-state index < -0.39 is 6.04 Å². The molecule has 0 bridgehead atoms. The standard InChI is InChI=1S/C26H19N5O3S/c1-2-13-34-18-8-5-7-17(14-18)15-22(31-23(32)19-9-3-4-10-20(19)24(31)33)21-16-35-26(29-21)30-25-27-11-6-12-28-25/h1,3-12,14,16,22H,13,15H2,(H,27,28,29,30). The summed E-state index contributed by atoms with van der Waals surface area (Å²) in [5.74, 6) is 2.78. The lowest BCUT2D eigenvalue weighted by Crippen LogP contribution is -2.35. The van der Waals surface area contributed by atoms with E-state index in [1.165, 1.54) is 16.2 Å². The summed E-state index contributed by atoms with van der Waals surface area (Å²) >= 11 is 1.34. The molecule has 0 saturated heterocycles. The lowest BCUT2D eigenvalue weighted by molar-refractivity contribution is 0.0578. The van der Waals surface area contributed by atoms with Gasteiger partial charge in [0.2, 0.25) is 5.95 Å². The van der Waals surface area contributed by atoms with Gasteiger partial charge in [0.1, 0.15) is 12.4 Å². The van der Waals surface area contributed by atoms with E-state index in [1.54, 1.807) is 42.7 Å². The van der Waals surface area contributed by atoms with Crippen molar-refractivity contribution >= 4 is 34.2 Å². The Morgan fingerprint density at radius 2 is 1.77 bits per heavy atom. The fourth-order valence-electron chi connectivity index (χ4n) is 3.89. The van der Waals surface area contributed by atoms with E-state index in [2.05, 4.69) is 26.2 Å². The summed E-state index contributed by atoms with van der Waals surface area (Å²) in [7, 11) is 0. The van der Waals surface area contributed by atoms with Gasteiger partial charge in [-0.05, 0) is 42.3 Å². The van der Waals surface area contributed by atoms with Crippen LogP contribution in [-0.2, 0) is 6.42 Å². The lowest BCUT2D eigenvalue weighted by atomic mass is 10.0. The molecule has 2 aromatic heterocycles. The fourth-order valence-corrected chi connectivity index (χ4v) is 4.64. The van der Waals surface area contributed by atoms with Crippen LogP contribution in [0.4, 0.5) is 11.1 Å². The lowest BCUT2D eigenvalue weighted by Gasteiger charge is -2.25. The Morgan fingerprint density at radius 3 is 2.49 bits per heavy atom. The van der Waals surface area contributed by atoms with Crippen molar-refractivity contribution in [2.24, 2.45) is 0 Å². The summed E-state index contributed by atoms with van der Waals surface area (Å²) in [6, 6.07) is 15.3. The van der Waals surface area contributed by atoms with E-state index in [4.69, 9.17) is 11.2 Å². The van der Waals surface area contributed by atoms with E-state index in [9.17, 15) is 9.59 Å². The van der Waals surface area contributed by atoms with Gasteiger partial charge < -0.3 is 10.1 Å². The number of nitrogens with one attached hydrogen (secondary N) is 1. The molecule has 0 radical (unpaired) electrons. The molecule has 3 heterocycles. The molecule has 1 aliphatic rings. The molecular weight excluding hydrogens is 462 g/mol. The first-order valence-electron chi connectivity index (χ1n) is 10.8. The van der Waals surface area contributed by atoms with Gasteiger partial charge in [-0.1, -0.05) is 30.2 Å². The minimum absolute atomic E-state index is 0.147. The van der Waals surface area contributed by atoms with Crippen LogP contribution < -0.4 is 10.1 Å². The molecule has 8 nitrogen and oxygen atoms in total. The smallest absolute Gasteiger partial charge is 0.262 e. The van der Waals surface area contributed by atoms with E-state index in [0.717, 1.165) is 5.56 Å². The van der Waals surface area contributed by atoms with Crippen LogP contribution >= 0.6 is 11.3 Å². The number of anilines is 2. The topological polar surface area (TPSA) is 97.3 Å². The van der Waals surface area contributed by atoms with Gasteiger partial charge in [-0.3, -0.25) is 14.5 Å². The molecule has 0 aliphatic carbocycles. The summed E-state index contributed by atoms with van der Waals surface area (Å²) in [6.07, 6.45) is 8.91. The van der Waals surface area contributed by atoms with Crippen molar-refractivity contribution in [1.29, 1.82) is 0 Å². The minimum atomic E-state index is -0.631. The molecule has 35 heavy (non-hydrogen) atoms. The van der Waals surface area contributed by atoms with Crippen molar-refractivity contribution < 1.29 is 14.3 Å². The van der Waals surface area contributed by atoms with Gasteiger partial charge in [-0.2, -0.15) is 0 Å². The van der Waals surface area contributed by atoms with Crippen LogP contribution in [0.3, 0.4) is 0 Å². The van der Waals surface area contributed by atoms with Gasteiger partial charge >= 0.3 is 0 Å².